The van der Waals surface area contributed by atoms with Crippen molar-refractivity contribution in [3.8, 4) is 5.75 Å². The maximum absolute atomic E-state index is 12.3. The molecule has 0 bridgehead atoms. The molecule has 1 amide bonds. The molecule has 1 aliphatic heterocycles. The highest BCUT2D eigenvalue weighted by Gasteiger charge is 2.25. The number of hydrogen-bond acceptors (Lipinski definition) is 3. The molecule has 1 aromatic carbocycles. The van der Waals surface area contributed by atoms with Gasteiger partial charge >= 0.3 is 0 Å². The van der Waals surface area contributed by atoms with Crippen LogP contribution in [-0.2, 0) is 4.79 Å². The van der Waals surface area contributed by atoms with Crippen LogP contribution in [0.2, 0.25) is 5.02 Å². The molecule has 0 aromatic heterocycles. The highest BCUT2D eigenvalue weighted by molar-refractivity contribution is 6.32. The zero-order chi connectivity index (χ0) is 15.4. The first kappa shape index (κ1) is 19.1. The van der Waals surface area contributed by atoms with Crippen molar-refractivity contribution in [2.45, 2.75) is 39.3 Å². The maximum Gasteiger partial charge on any atom is 0.261 e. The fraction of sp³-hybridized carbons (Fsp3) is 0.562. The summed E-state index contributed by atoms with van der Waals surface area (Å²) in [6, 6.07) is 5.70. The molecule has 0 saturated carbocycles. The molecular formula is C16H24Cl2N2O2. The van der Waals surface area contributed by atoms with Crippen molar-refractivity contribution in [2.24, 2.45) is 5.92 Å². The predicted octanol–water partition coefficient (Wildman–Crippen LogP) is 2.95. The lowest BCUT2D eigenvalue weighted by Gasteiger charge is -2.31. The normalized spacial score (nSPS) is 22.4. The van der Waals surface area contributed by atoms with Crippen LogP contribution >= 0.6 is 24.0 Å². The number of rotatable bonds is 4. The third kappa shape index (κ3) is 5.04. The van der Waals surface area contributed by atoms with Crippen molar-refractivity contribution in [2.75, 3.05) is 13.1 Å². The van der Waals surface area contributed by atoms with Crippen LogP contribution in [0.15, 0.2) is 18.2 Å². The molecule has 4 nitrogen and oxygen atoms in total. The molecule has 1 heterocycles. The van der Waals surface area contributed by atoms with Crippen molar-refractivity contribution in [3.05, 3.63) is 28.8 Å². The fourth-order valence-corrected chi connectivity index (χ4v) is 2.59. The first-order valence-electron chi connectivity index (χ1n) is 7.41. The summed E-state index contributed by atoms with van der Waals surface area (Å²) >= 11 is 6.09. The highest BCUT2D eigenvalue weighted by Crippen LogP contribution is 2.26. The first-order valence-corrected chi connectivity index (χ1v) is 7.79. The van der Waals surface area contributed by atoms with Crippen molar-refractivity contribution in [1.29, 1.82) is 0 Å². The van der Waals surface area contributed by atoms with Gasteiger partial charge in [-0.25, -0.2) is 0 Å². The number of amides is 1. The maximum atomic E-state index is 12.3. The van der Waals surface area contributed by atoms with Crippen molar-refractivity contribution in [3.63, 3.8) is 0 Å². The van der Waals surface area contributed by atoms with Crippen molar-refractivity contribution in [1.82, 2.24) is 10.6 Å². The highest BCUT2D eigenvalue weighted by atomic mass is 35.5. The Morgan fingerprint density at radius 2 is 2.23 bits per heavy atom. The Kier molecular flexibility index (Phi) is 7.46. The quantitative estimate of drug-likeness (QED) is 0.881. The summed E-state index contributed by atoms with van der Waals surface area (Å²) in [6.07, 6.45) is 0.502. The van der Waals surface area contributed by atoms with Gasteiger partial charge in [0.05, 0.1) is 5.02 Å². The molecule has 2 N–H and O–H groups in total. The Morgan fingerprint density at radius 3 is 2.91 bits per heavy atom. The number of piperidine rings is 1. The van der Waals surface area contributed by atoms with Gasteiger partial charge < -0.3 is 15.4 Å². The van der Waals surface area contributed by atoms with E-state index in [1.54, 1.807) is 13.0 Å². The number of nitrogens with one attached hydrogen (secondary N) is 2. The molecular weight excluding hydrogens is 323 g/mol. The number of benzene rings is 1. The molecule has 0 aliphatic carbocycles. The van der Waals surface area contributed by atoms with E-state index in [9.17, 15) is 4.79 Å². The third-order valence-corrected chi connectivity index (χ3v) is 4.23. The summed E-state index contributed by atoms with van der Waals surface area (Å²) in [5.41, 5.74) is 1.05. The molecule has 3 unspecified atom stereocenters. The minimum atomic E-state index is -0.571. The Labute approximate surface area is 143 Å². The predicted molar refractivity (Wildman–Crippen MR) is 92.1 cm³/mol. The van der Waals surface area contributed by atoms with Crippen LogP contribution in [0, 0.1) is 12.8 Å². The van der Waals surface area contributed by atoms with Crippen LogP contribution in [0.25, 0.3) is 0 Å². The van der Waals surface area contributed by atoms with E-state index in [1.807, 2.05) is 19.1 Å². The molecule has 6 heteroatoms. The van der Waals surface area contributed by atoms with E-state index in [-0.39, 0.29) is 24.4 Å². The van der Waals surface area contributed by atoms with Crippen LogP contribution < -0.4 is 15.4 Å². The minimum Gasteiger partial charge on any atom is -0.479 e. The van der Waals surface area contributed by atoms with Gasteiger partial charge in [0, 0.05) is 12.6 Å². The summed E-state index contributed by atoms with van der Waals surface area (Å²) in [5, 5.41) is 6.87. The Bertz CT molecular complexity index is 511. The fourth-order valence-electron chi connectivity index (χ4n) is 2.43. The molecule has 124 valence electrons. The molecule has 1 saturated heterocycles. The second-order valence-corrected chi connectivity index (χ2v) is 6.19. The molecule has 0 spiro atoms. The van der Waals surface area contributed by atoms with E-state index in [1.165, 1.54) is 0 Å². The monoisotopic (exact) mass is 346 g/mol. The summed E-state index contributed by atoms with van der Waals surface area (Å²) in [5.74, 6) is 0.923. The van der Waals surface area contributed by atoms with Gasteiger partial charge in [0.15, 0.2) is 6.10 Å². The Hall–Kier alpha value is -0.970. The average Bonchev–Trinajstić information content (AvgIpc) is 2.45. The molecule has 2 rings (SSSR count). The van der Waals surface area contributed by atoms with E-state index in [4.69, 9.17) is 16.3 Å². The number of carbonyl (C=O) groups is 1. The SMILES string of the molecule is Cc1ccc(Cl)c(OC(C)C(=O)NC2CNCCC2C)c1.Cl. The van der Waals surface area contributed by atoms with Crippen molar-refractivity contribution >= 4 is 29.9 Å². The van der Waals surface area contributed by atoms with E-state index in [0.29, 0.717) is 16.7 Å². The first-order chi connectivity index (χ1) is 9.97. The van der Waals surface area contributed by atoms with E-state index < -0.39 is 6.10 Å². The summed E-state index contributed by atoms with van der Waals surface area (Å²) in [4.78, 5) is 12.3. The van der Waals surface area contributed by atoms with Gasteiger partial charge in [0.2, 0.25) is 0 Å². The van der Waals surface area contributed by atoms with Crippen LogP contribution in [0.3, 0.4) is 0 Å². The molecule has 1 aliphatic rings. The van der Waals surface area contributed by atoms with E-state index in [2.05, 4.69) is 17.6 Å². The minimum absolute atomic E-state index is 0. The van der Waals surface area contributed by atoms with E-state index >= 15 is 0 Å². The summed E-state index contributed by atoms with van der Waals surface area (Å²) in [7, 11) is 0. The van der Waals surface area contributed by atoms with Crippen LogP contribution in [0.5, 0.6) is 5.75 Å². The smallest absolute Gasteiger partial charge is 0.261 e. The number of hydrogen-bond donors (Lipinski definition) is 2. The number of ether oxygens (including phenoxy) is 1. The van der Waals surface area contributed by atoms with Gasteiger partial charge in [0.1, 0.15) is 5.75 Å². The Morgan fingerprint density at radius 1 is 1.50 bits per heavy atom. The molecule has 3 atom stereocenters. The second-order valence-electron chi connectivity index (χ2n) is 5.78. The van der Waals surface area contributed by atoms with Gasteiger partial charge in [-0.05, 0) is 50.4 Å². The van der Waals surface area contributed by atoms with Gasteiger partial charge in [0.25, 0.3) is 5.91 Å². The van der Waals surface area contributed by atoms with Gasteiger partial charge in [-0.2, -0.15) is 0 Å². The molecule has 1 fully saturated rings. The van der Waals surface area contributed by atoms with Crippen LogP contribution in [-0.4, -0.2) is 31.1 Å². The summed E-state index contributed by atoms with van der Waals surface area (Å²) in [6.45, 7) is 7.69. The van der Waals surface area contributed by atoms with E-state index in [0.717, 1.165) is 25.1 Å². The largest absolute Gasteiger partial charge is 0.479 e. The number of carbonyl (C=O) groups excluding carboxylic acids is 1. The van der Waals surface area contributed by atoms with Crippen LogP contribution in [0.1, 0.15) is 25.8 Å². The number of halogens is 2. The average molecular weight is 347 g/mol. The Balaban J connectivity index is 0.00000242. The number of aryl methyl sites for hydroxylation is 1. The van der Waals surface area contributed by atoms with Gasteiger partial charge in [-0.1, -0.05) is 24.6 Å². The molecule has 1 aromatic rings. The van der Waals surface area contributed by atoms with Gasteiger partial charge in [-0.3, -0.25) is 4.79 Å². The standard InChI is InChI=1S/C16H23ClN2O2.ClH/c1-10-4-5-13(17)15(8-10)21-12(3)16(20)19-14-9-18-7-6-11(14)2;/h4-5,8,11-12,14,18H,6-7,9H2,1-3H3,(H,19,20);1H. The lowest BCUT2D eigenvalue weighted by molar-refractivity contribution is -0.128. The zero-order valence-corrected chi connectivity index (χ0v) is 14.8. The lowest BCUT2D eigenvalue weighted by atomic mass is 9.95. The molecule has 22 heavy (non-hydrogen) atoms. The lowest BCUT2D eigenvalue weighted by Crippen LogP contribution is -2.52. The third-order valence-electron chi connectivity index (χ3n) is 3.91. The zero-order valence-electron chi connectivity index (χ0n) is 13.2. The second kappa shape index (κ2) is 8.61. The van der Waals surface area contributed by atoms with Gasteiger partial charge in [-0.15, -0.1) is 12.4 Å². The van der Waals surface area contributed by atoms with Crippen LogP contribution in [0.4, 0.5) is 0 Å². The summed E-state index contributed by atoms with van der Waals surface area (Å²) < 4.78 is 5.70. The van der Waals surface area contributed by atoms with Crippen molar-refractivity contribution < 1.29 is 9.53 Å². The molecule has 0 radical (unpaired) electrons. The topological polar surface area (TPSA) is 50.4 Å².